The van der Waals surface area contributed by atoms with Gasteiger partial charge in [-0.05, 0) is 50.1 Å². The van der Waals surface area contributed by atoms with Crippen molar-refractivity contribution >= 4 is 29.1 Å². The van der Waals surface area contributed by atoms with Crippen LogP contribution < -0.4 is 10.6 Å². The van der Waals surface area contributed by atoms with E-state index in [9.17, 15) is 27.6 Å². The Morgan fingerprint density at radius 1 is 1.03 bits per heavy atom. The first-order chi connectivity index (χ1) is 14.7. The van der Waals surface area contributed by atoms with Crippen molar-refractivity contribution in [3.05, 3.63) is 59.7 Å². The predicted octanol–water partition coefficient (Wildman–Crippen LogP) is 4.15. The molecule has 0 aromatic heterocycles. The van der Waals surface area contributed by atoms with E-state index in [-0.39, 0.29) is 29.6 Å². The Labute approximate surface area is 177 Å². The molecule has 0 atom stereocenters. The van der Waals surface area contributed by atoms with Crippen molar-refractivity contribution in [3.8, 4) is 0 Å². The molecule has 0 saturated heterocycles. The summed E-state index contributed by atoms with van der Waals surface area (Å²) >= 11 is 0. The number of rotatable bonds is 7. The standard InChI is InChI=1S/C22H22F3N3O3/c1-2-28(13-19(29)27-18-9-4-3-8-17(18)22(23,24)25)21(31)15-6-5-7-16(12-15)26-20(30)14-10-11-14/h3-9,12,14H,2,10-11,13H2,1H3,(H,26,30)(H,27,29). The van der Waals surface area contributed by atoms with Gasteiger partial charge < -0.3 is 15.5 Å². The summed E-state index contributed by atoms with van der Waals surface area (Å²) in [7, 11) is 0. The number of hydrogen-bond donors (Lipinski definition) is 2. The Hall–Kier alpha value is -3.36. The SMILES string of the molecule is CCN(CC(=O)Nc1ccccc1C(F)(F)F)C(=O)c1cccc(NC(=O)C2CC2)c1. The number of amides is 3. The fourth-order valence-corrected chi connectivity index (χ4v) is 3.03. The molecule has 2 N–H and O–H groups in total. The van der Waals surface area contributed by atoms with Crippen LogP contribution in [0.25, 0.3) is 0 Å². The van der Waals surface area contributed by atoms with E-state index in [1.807, 2.05) is 0 Å². The minimum Gasteiger partial charge on any atom is -0.330 e. The van der Waals surface area contributed by atoms with Crippen LogP contribution in [0.3, 0.4) is 0 Å². The zero-order chi connectivity index (χ0) is 22.6. The first-order valence-electron chi connectivity index (χ1n) is 9.85. The molecule has 0 spiro atoms. The molecule has 1 aliphatic rings. The van der Waals surface area contributed by atoms with E-state index in [2.05, 4.69) is 10.6 Å². The molecule has 3 amide bonds. The maximum Gasteiger partial charge on any atom is 0.418 e. The molecular weight excluding hydrogens is 411 g/mol. The molecule has 0 unspecified atom stereocenters. The first kappa shape index (κ1) is 22.3. The van der Waals surface area contributed by atoms with Crippen molar-refractivity contribution in [1.82, 2.24) is 4.90 Å². The van der Waals surface area contributed by atoms with Crippen LogP contribution in [0.2, 0.25) is 0 Å². The van der Waals surface area contributed by atoms with E-state index in [0.29, 0.717) is 5.69 Å². The molecule has 1 aliphatic carbocycles. The van der Waals surface area contributed by atoms with E-state index in [0.717, 1.165) is 25.0 Å². The van der Waals surface area contributed by atoms with Crippen LogP contribution in [0.1, 0.15) is 35.7 Å². The summed E-state index contributed by atoms with van der Waals surface area (Å²) < 4.78 is 39.3. The van der Waals surface area contributed by atoms with E-state index in [1.165, 1.54) is 23.1 Å². The minimum absolute atomic E-state index is 0.00905. The summed E-state index contributed by atoms with van der Waals surface area (Å²) in [5.74, 6) is -1.30. The molecule has 1 saturated carbocycles. The maximum absolute atomic E-state index is 13.1. The lowest BCUT2D eigenvalue weighted by atomic mass is 10.1. The van der Waals surface area contributed by atoms with Gasteiger partial charge in [-0.2, -0.15) is 13.2 Å². The number of hydrogen-bond acceptors (Lipinski definition) is 3. The molecule has 2 aromatic carbocycles. The quantitative estimate of drug-likeness (QED) is 0.689. The van der Waals surface area contributed by atoms with Gasteiger partial charge in [0, 0.05) is 23.7 Å². The van der Waals surface area contributed by atoms with Gasteiger partial charge in [0.25, 0.3) is 5.91 Å². The molecule has 1 fully saturated rings. The molecule has 9 heteroatoms. The minimum atomic E-state index is -4.62. The lowest BCUT2D eigenvalue weighted by Gasteiger charge is -2.21. The van der Waals surface area contributed by atoms with Crippen molar-refractivity contribution in [2.45, 2.75) is 25.9 Å². The smallest absolute Gasteiger partial charge is 0.330 e. The van der Waals surface area contributed by atoms with Crippen molar-refractivity contribution < 1.29 is 27.6 Å². The van der Waals surface area contributed by atoms with Gasteiger partial charge in [-0.25, -0.2) is 0 Å². The monoisotopic (exact) mass is 433 g/mol. The summed E-state index contributed by atoms with van der Waals surface area (Å²) in [6, 6.07) is 11.0. The normalized spacial score (nSPS) is 13.4. The first-order valence-corrected chi connectivity index (χ1v) is 9.85. The number of anilines is 2. The zero-order valence-corrected chi connectivity index (χ0v) is 16.8. The van der Waals surface area contributed by atoms with Gasteiger partial charge >= 0.3 is 6.18 Å². The van der Waals surface area contributed by atoms with Crippen molar-refractivity contribution in [3.63, 3.8) is 0 Å². The molecule has 2 aromatic rings. The second-order valence-corrected chi connectivity index (χ2v) is 7.26. The molecule has 0 radical (unpaired) electrons. The van der Waals surface area contributed by atoms with E-state index < -0.39 is 30.1 Å². The summed E-state index contributed by atoms with van der Waals surface area (Å²) in [5, 5.41) is 4.99. The molecule has 6 nitrogen and oxygen atoms in total. The van der Waals surface area contributed by atoms with Crippen LogP contribution in [-0.2, 0) is 15.8 Å². The Morgan fingerprint density at radius 2 is 1.74 bits per heavy atom. The van der Waals surface area contributed by atoms with Crippen LogP contribution in [0.15, 0.2) is 48.5 Å². The van der Waals surface area contributed by atoms with E-state index in [4.69, 9.17) is 0 Å². The summed E-state index contributed by atoms with van der Waals surface area (Å²) in [6.45, 7) is 1.42. The highest BCUT2D eigenvalue weighted by molar-refractivity contribution is 6.01. The topological polar surface area (TPSA) is 78.5 Å². The Morgan fingerprint density at radius 3 is 2.39 bits per heavy atom. The predicted molar refractivity (Wildman–Crippen MR) is 109 cm³/mol. The number of para-hydroxylation sites is 1. The van der Waals surface area contributed by atoms with Gasteiger partial charge in [0.05, 0.1) is 11.3 Å². The molecule has 31 heavy (non-hydrogen) atoms. The zero-order valence-electron chi connectivity index (χ0n) is 16.8. The van der Waals surface area contributed by atoms with E-state index in [1.54, 1.807) is 25.1 Å². The fraction of sp³-hybridized carbons (Fsp3) is 0.318. The number of benzene rings is 2. The second-order valence-electron chi connectivity index (χ2n) is 7.26. The fourth-order valence-electron chi connectivity index (χ4n) is 3.03. The van der Waals surface area contributed by atoms with Gasteiger partial charge in [0.15, 0.2) is 0 Å². The highest BCUT2D eigenvalue weighted by Crippen LogP contribution is 2.34. The number of likely N-dealkylation sites (N-methyl/N-ethyl adjacent to an activating group) is 1. The Bertz CT molecular complexity index is 987. The number of carbonyl (C=O) groups is 3. The van der Waals surface area contributed by atoms with Gasteiger partial charge in [-0.1, -0.05) is 18.2 Å². The van der Waals surface area contributed by atoms with Crippen molar-refractivity contribution in [1.29, 1.82) is 0 Å². The molecule has 0 bridgehead atoms. The number of alkyl halides is 3. The highest BCUT2D eigenvalue weighted by atomic mass is 19.4. The van der Waals surface area contributed by atoms with Crippen LogP contribution in [0.5, 0.6) is 0 Å². The summed E-state index contributed by atoms with van der Waals surface area (Å²) in [5.41, 5.74) is -0.591. The summed E-state index contributed by atoms with van der Waals surface area (Å²) in [4.78, 5) is 38.3. The van der Waals surface area contributed by atoms with Crippen molar-refractivity contribution in [2.75, 3.05) is 23.7 Å². The average molecular weight is 433 g/mol. The third kappa shape index (κ3) is 5.84. The number of nitrogens with one attached hydrogen (secondary N) is 2. The number of carbonyl (C=O) groups excluding carboxylic acids is 3. The maximum atomic E-state index is 13.1. The lowest BCUT2D eigenvalue weighted by molar-refractivity contribution is -0.137. The largest absolute Gasteiger partial charge is 0.418 e. The van der Waals surface area contributed by atoms with Gasteiger partial charge in [0.1, 0.15) is 6.54 Å². The molecule has 0 aliphatic heterocycles. The van der Waals surface area contributed by atoms with E-state index >= 15 is 0 Å². The Kier molecular flexibility index (Phi) is 6.62. The highest BCUT2D eigenvalue weighted by Gasteiger charge is 2.34. The lowest BCUT2D eigenvalue weighted by Crippen LogP contribution is -2.38. The van der Waals surface area contributed by atoms with Crippen molar-refractivity contribution in [2.24, 2.45) is 5.92 Å². The second kappa shape index (κ2) is 9.20. The summed E-state index contributed by atoms with van der Waals surface area (Å²) in [6.07, 6.45) is -2.92. The molecule has 164 valence electrons. The Balaban J connectivity index is 1.68. The molecular formula is C22H22F3N3O3. The van der Waals surface area contributed by atoms with Gasteiger partial charge in [-0.3, -0.25) is 14.4 Å². The van der Waals surface area contributed by atoms with Crippen LogP contribution >= 0.6 is 0 Å². The van der Waals surface area contributed by atoms with Crippen LogP contribution in [0.4, 0.5) is 24.5 Å². The third-order valence-corrected chi connectivity index (χ3v) is 4.84. The van der Waals surface area contributed by atoms with Gasteiger partial charge in [0.2, 0.25) is 11.8 Å². The number of halogens is 3. The molecule has 0 heterocycles. The third-order valence-electron chi connectivity index (χ3n) is 4.84. The van der Waals surface area contributed by atoms with Crippen LogP contribution in [-0.4, -0.2) is 35.7 Å². The average Bonchev–Trinajstić information content (AvgIpc) is 3.57. The molecule has 3 rings (SSSR count). The van der Waals surface area contributed by atoms with Gasteiger partial charge in [-0.15, -0.1) is 0 Å². The van der Waals surface area contributed by atoms with Crippen LogP contribution in [0, 0.1) is 5.92 Å². The number of nitrogens with zero attached hydrogens (tertiary/aromatic N) is 1.